The summed E-state index contributed by atoms with van der Waals surface area (Å²) in [6.45, 7) is 4.80. The first-order valence-corrected chi connectivity index (χ1v) is 6.39. The SMILES string of the molecule is Cc1cccc(OCc2ccc(Br)cc2)c1C. The van der Waals surface area contributed by atoms with Crippen LogP contribution in [0.25, 0.3) is 0 Å². The fourth-order valence-electron chi connectivity index (χ4n) is 1.62. The van der Waals surface area contributed by atoms with Gasteiger partial charge in [-0.25, -0.2) is 0 Å². The third-order valence-electron chi connectivity index (χ3n) is 2.86. The number of hydrogen-bond donors (Lipinski definition) is 0. The molecule has 1 nitrogen and oxygen atoms in total. The molecule has 2 rings (SSSR count). The van der Waals surface area contributed by atoms with Gasteiger partial charge in [0.2, 0.25) is 0 Å². The summed E-state index contributed by atoms with van der Waals surface area (Å²) in [6, 6.07) is 14.3. The van der Waals surface area contributed by atoms with Crippen molar-refractivity contribution in [2.24, 2.45) is 0 Å². The summed E-state index contributed by atoms with van der Waals surface area (Å²) in [6.07, 6.45) is 0. The van der Waals surface area contributed by atoms with Crippen LogP contribution in [0.2, 0.25) is 0 Å². The lowest BCUT2D eigenvalue weighted by molar-refractivity contribution is 0.304. The van der Waals surface area contributed by atoms with Gasteiger partial charge in [-0.1, -0.05) is 40.2 Å². The maximum atomic E-state index is 5.83. The largest absolute Gasteiger partial charge is 0.489 e. The Labute approximate surface area is 111 Å². The Morgan fingerprint density at radius 1 is 1.00 bits per heavy atom. The Bertz CT molecular complexity index is 503. The van der Waals surface area contributed by atoms with Crippen molar-refractivity contribution in [3.8, 4) is 5.75 Å². The van der Waals surface area contributed by atoms with Gasteiger partial charge in [-0.2, -0.15) is 0 Å². The van der Waals surface area contributed by atoms with E-state index < -0.39 is 0 Å². The Kier molecular flexibility index (Phi) is 3.85. The van der Waals surface area contributed by atoms with Gasteiger partial charge in [0.25, 0.3) is 0 Å². The quantitative estimate of drug-likeness (QED) is 0.800. The van der Waals surface area contributed by atoms with Gasteiger partial charge in [0.1, 0.15) is 12.4 Å². The van der Waals surface area contributed by atoms with Crippen molar-refractivity contribution < 1.29 is 4.74 Å². The van der Waals surface area contributed by atoms with E-state index >= 15 is 0 Å². The highest BCUT2D eigenvalue weighted by atomic mass is 79.9. The van der Waals surface area contributed by atoms with Gasteiger partial charge >= 0.3 is 0 Å². The highest BCUT2D eigenvalue weighted by Crippen LogP contribution is 2.22. The zero-order chi connectivity index (χ0) is 12.3. The van der Waals surface area contributed by atoms with Crippen LogP contribution in [-0.4, -0.2) is 0 Å². The second-order valence-electron chi connectivity index (χ2n) is 4.11. The number of halogens is 1. The predicted octanol–water partition coefficient (Wildman–Crippen LogP) is 4.64. The number of benzene rings is 2. The normalized spacial score (nSPS) is 10.3. The third kappa shape index (κ3) is 3.10. The summed E-state index contributed by atoms with van der Waals surface area (Å²) < 4.78 is 6.92. The summed E-state index contributed by atoms with van der Waals surface area (Å²) >= 11 is 3.42. The highest BCUT2D eigenvalue weighted by Gasteiger charge is 2.01. The lowest BCUT2D eigenvalue weighted by Crippen LogP contribution is -1.97. The highest BCUT2D eigenvalue weighted by molar-refractivity contribution is 9.10. The molecule has 0 saturated carbocycles. The van der Waals surface area contributed by atoms with Crippen molar-refractivity contribution in [3.05, 3.63) is 63.6 Å². The number of aryl methyl sites for hydroxylation is 1. The average Bonchev–Trinajstić information content (AvgIpc) is 2.33. The van der Waals surface area contributed by atoms with Gasteiger partial charge in [0.15, 0.2) is 0 Å². The summed E-state index contributed by atoms with van der Waals surface area (Å²) in [5.74, 6) is 0.966. The van der Waals surface area contributed by atoms with Crippen LogP contribution in [-0.2, 0) is 6.61 Å². The van der Waals surface area contributed by atoms with Gasteiger partial charge in [-0.15, -0.1) is 0 Å². The van der Waals surface area contributed by atoms with E-state index in [4.69, 9.17) is 4.74 Å². The molecule has 2 aromatic carbocycles. The second kappa shape index (κ2) is 5.37. The van der Waals surface area contributed by atoms with E-state index in [1.54, 1.807) is 0 Å². The smallest absolute Gasteiger partial charge is 0.122 e. The Morgan fingerprint density at radius 2 is 1.71 bits per heavy atom. The molecule has 0 spiro atoms. The van der Waals surface area contributed by atoms with Crippen LogP contribution in [0.4, 0.5) is 0 Å². The molecule has 0 aromatic heterocycles. The molecule has 0 amide bonds. The molecule has 0 heterocycles. The van der Waals surface area contributed by atoms with E-state index in [9.17, 15) is 0 Å². The van der Waals surface area contributed by atoms with E-state index in [0.29, 0.717) is 6.61 Å². The van der Waals surface area contributed by atoms with Gasteiger partial charge < -0.3 is 4.74 Å². The molecule has 0 aliphatic carbocycles. The van der Waals surface area contributed by atoms with E-state index in [0.717, 1.165) is 10.2 Å². The van der Waals surface area contributed by atoms with E-state index in [-0.39, 0.29) is 0 Å². The van der Waals surface area contributed by atoms with E-state index in [1.165, 1.54) is 16.7 Å². The summed E-state index contributed by atoms with van der Waals surface area (Å²) in [7, 11) is 0. The summed E-state index contributed by atoms with van der Waals surface area (Å²) in [5, 5.41) is 0. The van der Waals surface area contributed by atoms with Crippen molar-refractivity contribution in [2.75, 3.05) is 0 Å². The standard InChI is InChI=1S/C15H15BrO/c1-11-4-3-5-15(12(11)2)17-10-13-6-8-14(16)9-7-13/h3-9H,10H2,1-2H3. The molecule has 0 N–H and O–H groups in total. The molecule has 0 unspecified atom stereocenters. The monoisotopic (exact) mass is 290 g/mol. The molecule has 0 bridgehead atoms. The number of rotatable bonds is 3. The third-order valence-corrected chi connectivity index (χ3v) is 3.39. The Balaban J connectivity index is 2.07. The first-order valence-electron chi connectivity index (χ1n) is 5.60. The van der Waals surface area contributed by atoms with Gasteiger partial charge in [-0.05, 0) is 48.7 Å². The van der Waals surface area contributed by atoms with Crippen LogP contribution in [0.15, 0.2) is 46.9 Å². The minimum Gasteiger partial charge on any atom is -0.489 e. The van der Waals surface area contributed by atoms with Crippen LogP contribution in [0.5, 0.6) is 5.75 Å². The lowest BCUT2D eigenvalue weighted by Gasteiger charge is -2.10. The van der Waals surface area contributed by atoms with Crippen LogP contribution < -0.4 is 4.74 Å². The topological polar surface area (TPSA) is 9.23 Å². The van der Waals surface area contributed by atoms with Crippen molar-refractivity contribution in [2.45, 2.75) is 20.5 Å². The zero-order valence-electron chi connectivity index (χ0n) is 10.0. The van der Waals surface area contributed by atoms with Gasteiger partial charge in [0, 0.05) is 4.47 Å². The van der Waals surface area contributed by atoms with Crippen LogP contribution in [0.1, 0.15) is 16.7 Å². The molecule has 88 valence electrons. The molecule has 0 aliphatic rings. The molecular weight excluding hydrogens is 276 g/mol. The predicted molar refractivity (Wildman–Crippen MR) is 74.4 cm³/mol. The molecule has 0 radical (unpaired) electrons. The molecule has 17 heavy (non-hydrogen) atoms. The molecule has 0 aliphatic heterocycles. The molecule has 2 heteroatoms. The van der Waals surface area contributed by atoms with Crippen LogP contribution in [0.3, 0.4) is 0 Å². The first-order chi connectivity index (χ1) is 8.16. The maximum Gasteiger partial charge on any atom is 0.122 e. The number of hydrogen-bond acceptors (Lipinski definition) is 1. The van der Waals surface area contributed by atoms with Crippen molar-refractivity contribution in [3.63, 3.8) is 0 Å². The minimum absolute atomic E-state index is 0.609. The van der Waals surface area contributed by atoms with Crippen LogP contribution in [0, 0.1) is 13.8 Å². The molecule has 0 saturated heterocycles. The van der Waals surface area contributed by atoms with Crippen molar-refractivity contribution in [1.82, 2.24) is 0 Å². The van der Waals surface area contributed by atoms with E-state index in [2.05, 4.69) is 48.0 Å². The van der Waals surface area contributed by atoms with Crippen molar-refractivity contribution in [1.29, 1.82) is 0 Å². The van der Waals surface area contributed by atoms with Gasteiger partial charge in [0.05, 0.1) is 0 Å². The Morgan fingerprint density at radius 3 is 2.41 bits per heavy atom. The molecule has 0 atom stereocenters. The minimum atomic E-state index is 0.609. The van der Waals surface area contributed by atoms with Crippen molar-refractivity contribution >= 4 is 15.9 Å². The van der Waals surface area contributed by atoms with Crippen LogP contribution >= 0.6 is 15.9 Å². The summed E-state index contributed by atoms with van der Waals surface area (Å²) in [4.78, 5) is 0. The molecular formula is C15H15BrO. The maximum absolute atomic E-state index is 5.83. The van der Waals surface area contributed by atoms with Gasteiger partial charge in [-0.3, -0.25) is 0 Å². The molecule has 0 fully saturated rings. The fourth-order valence-corrected chi connectivity index (χ4v) is 1.89. The first kappa shape index (κ1) is 12.2. The average molecular weight is 291 g/mol. The van der Waals surface area contributed by atoms with E-state index in [1.807, 2.05) is 24.3 Å². The second-order valence-corrected chi connectivity index (χ2v) is 5.03. The Hall–Kier alpha value is -1.28. The number of ether oxygens (including phenoxy) is 1. The lowest BCUT2D eigenvalue weighted by atomic mass is 10.1. The molecule has 2 aromatic rings. The summed E-state index contributed by atoms with van der Waals surface area (Å²) in [5.41, 5.74) is 3.65. The fraction of sp³-hybridized carbons (Fsp3) is 0.200. The zero-order valence-corrected chi connectivity index (χ0v) is 11.6.